The Morgan fingerprint density at radius 2 is 1.83 bits per heavy atom. The second-order valence-corrected chi connectivity index (χ2v) is 4.52. The Morgan fingerprint density at radius 1 is 1.06 bits per heavy atom. The molecule has 0 radical (unpaired) electrons. The van der Waals surface area contributed by atoms with E-state index >= 15 is 0 Å². The number of nitrogens with zero attached hydrogens (tertiary/aromatic N) is 1. The molecule has 1 N–H and O–H groups in total. The Labute approximate surface area is 109 Å². The van der Waals surface area contributed by atoms with Crippen molar-refractivity contribution in [3.63, 3.8) is 0 Å². The summed E-state index contributed by atoms with van der Waals surface area (Å²) in [5.41, 5.74) is 3.51. The van der Waals surface area contributed by atoms with Crippen LogP contribution in [0, 0.1) is 6.92 Å². The molecule has 0 saturated heterocycles. The SMILES string of the molecule is CCC(NCc1cccc(C)n1)c1ccccc1. The number of hydrogen-bond acceptors (Lipinski definition) is 2. The quantitative estimate of drug-likeness (QED) is 0.863. The van der Waals surface area contributed by atoms with Gasteiger partial charge in [-0.3, -0.25) is 4.98 Å². The first-order valence-electron chi connectivity index (χ1n) is 6.50. The van der Waals surface area contributed by atoms with Crippen LogP contribution in [-0.2, 0) is 6.54 Å². The van der Waals surface area contributed by atoms with Crippen molar-refractivity contribution in [1.29, 1.82) is 0 Å². The van der Waals surface area contributed by atoms with Crippen LogP contribution in [0.1, 0.15) is 36.3 Å². The second-order valence-electron chi connectivity index (χ2n) is 4.52. The summed E-state index contributed by atoms with van der Waals surface area (Å²) in [6, 6.07) is 17.1. The maximum absolute atomic E-state index is 4.51. The molecule has 2 heteroatoms. The van der Waals surface area contributed by atoms with Gasteiger partial charge in [0.1, 0.15) is 0 Å². The first-order chi connectivity index (χ1) is 8.79. The number of aryl methyl sites for hydroxylation is 1. The zero-order chi connectivity index (χ0) is 12.8. The Bertz CT molecular complexity index is 479. The summed E-state index contributed by atoms with van der Waals surface area (Å²) in [4.78, 5) is 4.51. The fourth-order valence-corrected chi connectivity index (χ4v) is 2.11. The molecule has 2 nitrogen and oxygen atoms in total. The van der Waals surface area contributed by atoms with Crippen LogP contribution in [0.15, 0.2) is 48.5 Å². The molecule has 0 aliphatic carbocycles. The van der Waals surface area contributed by atoms with Gasteiger partial charge in [-0.1, -0.05) is 43.3 Å². The molecule has 18 heavy (non-hydrogen) atoms. The lowest BCUT2D eigenvalue weighted by Gasteiger charge is -2.17. The van der Waals surface area contributed by atoms with Crippen molar-refractivity contribution in [2.24, 2.45) is 0 Å². The minimum absolute atomic E-state index is 0.397. The average Bonchev–Trinajstić information content (AvgIpc) is 2.41. The number of rotatable bonds is 5. The van der Waals surface area contributed by atoms with Gasteiger partial charge in [0, 0.05) is 18.3 Å². The minimum Gasteiger partial charge on any atom is -0.304 e. The van der Waals surface area contributed by atoms with E-state index < -0.39 is 0 Å². The van der Waals surface area contributed by atoms with E-state index in [1.165, 1.54) is 5.56 Å². The summed E-state index contributed by atoms with van der Waals surface area (Å²) in [5, 5.41) is 3.57. The molecule has 2 aromatic rings. The van der Waals surface area contributed by atoms with Crippen LogP contribution in [0.5, 0.6) is 0 Å². The Hall–Kier alpha value is -1.67. The van der Waals surface area contributed by atoms with E-state index in [9.17, 15) is 0 Å². The van der Waals surface area contributed by atoms with Crippen molar-refractivity contribution in [2.75, 3.05) is 0 Å². The lowest BCUT2D eigenvalue weighted by molar-refractivity contribution is 0.514. The van der Waals surface area contributed by atoms with E-state index in [0.717, 1.165) is 24.4 Å². The van der Waals surface area contributed by atoms with Crippen LogP contribution in [0.3, 0.4) is 0 Å². The average molecular weight is 240 g/mol. The number of pyridine rings is 1. The summed E-state index contributed by atoms with van der Waals surface area (Å²) in [5.74, 6) is 0. The third-order valence-corrected chi connectivity index (χ3v) is 3.09. The molecule has 1 aromatic carbocycles. The summed E-state index contributed by atoms with van der Waals surface area (Å²) >= 11 is 0. The predicted molar refractivity (Wildman–Crippen MR) is 75.3 cm³/mol. The van der Waals surface area contributed by atoms with Crippen LogP contribution in [0.2, 0.25) is 0 Å². The van der Waals surface area contributed by atoms with Crippen LogP contribution in [0.4, 0.5) is 0 Å². The normalized spacial score (nSPS) is 12.3. The maximum Gasteiger partial charge on any atom is 0.0545 e. The van der Waals surface area contributed by atoms with Gasteiger partial charge in [0.05, 0.1) is 5.69 Å². The molecule has 94 valence electrons. The monoisotopic (exact) mass is 240 g/mol. The van der Waals surface area contributed by atoms with Gasteiger partial charge < -0.3 is 5.32 Å². The summed E-state index contributed by atoms with van der Waals surface area (Å²) in [7, 11) is 0. The zero-order valence-electron chi connectivity index (χ0n) is 11.1. The van der Waals surface area contributed by atoms with Gasteiger partial charge in [0.15, 0.2) is 0 Å². The van der Waals surface area contributed by atoms with E-state index in [4.69, 9.17) is 0 Å². The molecular formula is C16H20N2. The van der Waals surface area contributed by atoms with Crippen molar-refractivity contribution in [3.05, 3.63) is 65.5 Å². The highest BCUT2D eigenvalue weighted by Gasteiger charge is 2.07. The topological polar surface area (TPSA) is 24.9 Å². The third kappa shape index (κ3) is 3.41. The molecule has 0 amide bonds. The van der Waals surface area contributed by atoms with Crippen LogP contribution < -0.4 is 5.32 Å². The highest BCUT2D eigenvalue weighted by atomic mass is 14.9. The smallest absolute Gasteiger partial charge is 0.0545 e. The van der Waals surface area contributed by atoms with Crippen LogP contribution >= 0.6 is 0 Å². The minimum atomic E-state index is 0.397. The van der Waals surface area contributed by atoms with Crippen molar-refractivity contribution >= 4 is 0 Å². The second kappa shape index (κ2) is 6.31. The summed E-state index contributed by atoms with van der Waals surface area (Å²) in [6.45, 7) is 5.04. The van der Waals surface area contributed by atoms with Gasteiger partial charge >= 0.3 is 0 Å². The molecule has 1 unspecified atom stereocenters. The number of hydrogen-bond donors (Lipinski definition) is 1. The number of aromatic nitrogens is 1. The molecule has 0 bridgehead atoms. The van der Waals surface area contributed by atoms with Gasteiger partial charge in [0.2, 0.25) is 0 Å². The van der Waals surface area contributed by atoms with E-state index in [-0.39, 0.29) is 0 Å². The van der Waals surface area contributed by atoms with E-state index in [1.54, 1.807) is 0 Å². The van der Waals surface area contributed by atoms with Gasteiger partial charge in [0.25, 0.3) is 0 Å². The van der Waals surface area contributed by atoms with E-state index in [0.29, 0.717) is 6.04 Å². The van der Waals surface area contributed by atoms with Gasteiger partial charge in [-0.2, -0.15) is 0 Å². The Balaban J connectivity index is 2.00. The molecule has 1 heterocycles. The van der Waals surface area contributed by atoms with Gasteiger partial charge in [-0.05, 0) is 31.0 Å². The first-order valence-corrected chi connectivity index (χ1v) is 6.50. The predicted octanol–water partition coefficient (Wildman–Crippen LogP) is 3.63. The Kier molecular flexibility index (Phi) is 4.48. The van der Waals surface area contributed by atoms with Gasteiger partial charge in [-0.15, -0.1) is 0 Å². The Morgan fingerprint density at radius 3 is 2.50 bits per heavy atom. The molecule has 0 aliphatic rings. The molecule has 1 atom stereocenters. The number of benzene rings is 1. The highest BCUT2D eigenvalue weighted by Crippen LogP contribution is 2.16. The summed E-state index contributed by atoms with van der Waals surface area (Å²) in [6.07, 6.45) is 1.08. The largest absolute Gasteiger partial charge is 0.304 e. The van der Waals surface area contributed by atoms with Gasteiger partial charge in [-0.25, -0.2) is 0 Å². The maximum atomic E-state index is 4.51. The fourth-order valence-electron chi connectivity index (χ4n) is 2.11. The molecular weight excluding hydrogens is 220 g/mol. The highest BCUT2D eigenvalue weighted by molar-refractivity contribution is 5.19. The lowest BCUT2D eigenvalue weighted by Crippen LogP contribution is -2.20. The molecule has 0 fully saturated rings. The molecule has 0 spiro atoms. The first kappa shape index (κ1) is 12.8. The van der Waals surface area contributed by atoms with E-state index in [2.05, 4.69) is 59.7 Å². The van der Waals surface area contributed by atoms with Crippen molar-refractivity contribution in [2.45, 2.75) is 32.9 Å². The molecule has 2 rings (SSSR count). The molecule has 0 saturated carbocycles. The molecule has 1 aromatic heterocycles. The van der Waals surface area contributed by atoms with Crippen molar-refractivity contribution in [3.8, 4) is 0 Å². The third-order valence-electron chi connectivity index (χ3n) is 3.09. The fraction of sp³-hybridized carbons (Fsp3) is 0.312. The standard InChI is InChI=1S/C16H20N2/c1-3-16(14-9-5-4-6-10-14)17-12-15-11-7-8-13(2)18-15/h4-11,16-17H,3,12H2,1-2H3. The van der Waals surface area contributed by atoms with Crippen molar-refractivity contribution < 1.29 is 0 Å². The lowest BCUT2D eigenvalue weighted by atomic mass is 10.0. The number of nitrogens with one attached hydrogen (secondary N) is 1. The van der Waals surface area contributed by atoms with Crippen molar-refractivity contribution in [1.82, 2.24) is 10.3 Å². The zero-order valence-corrected chi connectivity index (χ0v) is 11.1. The van der Waals surface area contributed by atoms with Crippen LogP contribution in [0.25, 0.3) is 0 Å². The van der Waals surface area contributed by atoms with E-state index in [1.807, 2.05) is 13.0 Å². The van der Waals surface area contributed by atoms with Crippen LogP contribution in [-0.4, -0.2) is 4.98 Å². The molecule has 0 aliphatic heterocycles. The summed E-state index contributed by atoms with van der Waals surface area (Å²) < 4.78 is 0.